The number of benzene rings is 1. The van der Waals surface area contributed by atoms with E-state index in [-0.39, 0.29) is 23.0 Å². The molecule has 1 aliphatic heterocycles. The summed E-state index contributed by atoms with van der Waals surface area (Å²) in [6.07, 6.45) is -0.346. The Bertz CT molecular complexity index is 661. The van der Waals surface area contributed by atoms with E-state index in [0.717, 1.165) is 10.4 Å². The van der Waals surface area contributed by atoms with Gasteiger partial charge in [0.2, 0.25) is 10.0 Å². The highest BCUT2D eigenvalue weighted by molar-refractivity contribution is 7.89. The minimum absolute atomic E-state index is 0.00179. The molecule has 1 saturated heterocycles. The van der Waals surface area contributed by atoms with E-state index in [4.69, 9.17) is 11.6 Å². The van der Waals surface area contributed by atoms with Gasteiger partial charge in [-0.2, -0.15) is 4.31 Å². The molecule has 0 amide bonds. The summed E-state index contributed by atoms with van der Waals surface area (Å²) < 4.78 is 26.0. The van der Waals surface area contributed by atoms with E-state index in [2.05, 4.69) is 0 Å². The number of nitro groups is 1. The number of β-amino-alcohol motifs (C(OH)–C–C–N with tert-alkyl or cyclic N) is 1. The van der Waals surface area contributed by atoms with E-state index in [1.807, 2.05) is 0 Å². The summed E-state index contributed by atoms with van der Waals surface area (Å²) in [6.45, 7) is 1.71. The standard InChI is InChI=1S/C11H13ClN2O5S/c1-7-4-9(12)10(14(16)17)5-11(7)20(18,19)13-3-2-8(15)6-13/h4-5,8,15H,2-3,6H2,1H3/t8-/m0/s1. The van der Waals surface area contributed by atoms with Crippen molar-refractivity contribution in [3.63, 3.8) is 0 Å². The first-order valence-corrected chi connectivity index (χ1v) is 7.68. The molecule has 0 saturated carbocycles. The number of aryl methyl sites for hydroxylation is 1. The number of sulfonamides is 1. The van der Waals surface area contributed by atoms with Crippen LogP contribution in [-0.4, -0.2) is 41.9 Å². The summed E-state index contributed by atoms with van der Waals surface area (Å²) in [4.78, 5) is 9.99. The lowest BCUT2D eigenvalue weighted by Gasteiger charge is -2.17. The van der Waals surface area contributed by atoms with Crippen molar-refractivity contribution in [1.29, 1.82) is 0 Å². The quantitative estimate of drug-likeness (QED) is 0.668. The van der Waals surface area contributed by atoms with Crippen LogP contribution >= 0.6 is 11.6 Å². The minimum atomic E-state index is -3.86. The zero-order valence-electron chi connectivity index (χ0n) is 10.6. The predicted molar refractivity (Wildman–Crippen MR) is 72.2 cm³/mol. The van der Waals surface area contributed by atoms with E-state index >= 15 is 0 Å². The van der Waals surface area contributed by atoms with Crippen molar-refractivity contribution in [2.45, 2.75) is 24.3 Å². The van der Waals surface area contributed by atoms with Gasteiger partial charge in [-0.1, -0.05) is 11.6 Å². The van der Waals surface area contributed by atoms with Gasteiger partial charge >= 0.3 is 0 Å². The number of hydrogen-bond donors (Lipinski definition) is 1. The Morgan fingerprint density at radius 3 is 2.65 bits per heavy atom. The highest BCUT2D eigenvalue weighted by Crippen LogP contribution is 2.32. The number of nitrogens with zero attached hydrogens (tertiary/aromatic N) is 2. The topological polar surface area (TPSA) is 101 Å². The van der Waals surface area contributed by atoms with Crippen molar-refractivity contribution in [2.24, 2.45) is 0 Å². The van der Waals surface area contributed by atoms with Crippen molar-refractivity contribution < 1.29 is 18.4 Å². The molecule has 0 radical (unpaired) electrons. The highest BCUT2D eigenvalue weighted by Gasteiger charge is 2.34. The van der Waals surface area contributed by atoms with Crippen molar-refractivity contribution >= 4 is 27.3 Å². The van der Waals surface area contributed by atoms with Gasteiger partial charge in [0.25, 0.3) is 5.69 Å². The maximum absolute atomic E-state index is 12.4. The zero-order valence-corrected chi connectivity index (χ0v) is 12.2. The van der Waals surface area contributed by atoms with Crippen molar-refractivity contribution in [3.8, 4) is 0 Å². The summed E-state index contributed by atoms with van der Waals surface area (Å²) in [5.74, 6) is 0. The molecule has 110 valence electrons. The third kappa shape index (κ3) is 2.64. The Labute approximate surface area is 121 Å². The third-order valence-electron chi connectivity index (χ3n) is 3.19. The van der Waals surface area contributed by atoms with Crippen LogP contribution in [0.4, 0.5) is 5.69 Å². The molecule has 1 fully saturated rings. The van der Waals surface area contributed by atoms with Crippen molar-refractivity contribution in [1.82, 2.24) is 4.31 Å². The lowest BCUT2D eigenvalue weighted by atomic mass is 10.2. The molecule has 1 aromatic carbocycles. The largest absolute Gasteiger partial charge is 0.392 e. The Morgan fingerprint density at radius 1 is 1.50 bits per heavy atom. The molecule has 9 heteroatoms. The summed E-state index contributed by atoms with van der Waals surface area (Å²) in [6, 6.07) is 2.23. The lowest BCUT2D eigenvalue weighted by molar-refractivity contribution is -0.384. The number of aliphatic hydroxyl groups is 1. The van der Waals surface area contributed by atoms with E-state index in [1.54, 1.807) is 0 Å². The van der Waals surface area contributed by atoms with Gasteiger partial charge in [0.05, 0.1) is 15.9 Å². The number of nitro benzene ring substituents is 1. The van der Waals surface area contributed by atoms with Crippen molar-refractivity contribution in [2.75, 3.05) is 13.1 Å². The van der Waals surface area contributed by atoms with Gasteiger partial charge in [-0.05, 0) is 25.0 Å². The molecule has 1 aromatic rings. The first-order chi connectivity index (χ1) is 9.23. The molecule has 0 aliphatic carbocycles. The number of rotatable bonds is 3. The Hall–Kier alpha value is -1.22. The molecule has 1 N–H and O–H groups in total. The fraction of sp³-hybridized carbons (Fsp3) is 0.455. The van der Waals surface area contributed by atoms with Gasteiger partial charge in [0, 0.05) is 19.2 Å². The van der Waals surface area contributed by atoms with Gasteiger partial charge < -0.3 is 5.11 Å². The van der Waals surface area contributed by atoms with Crippen LogP contribution in [0.1, 0.15) is 12.0 Å². The number of aliphatic hydroxyl groups excluding tert-OH is 1. The first kappa shape index (κ1) is 15.2. The summed E-state index contributed by atoms with van der Waals surface area (Å²) in [5.41, 5.74) is -0.113. The van der Waals surface area contributed by atoms with E-state index in [9.17, 15) is 23.6 Å². The Kier molecular flexibility index (Phi) is 4.01. The van der Waals surface area contributed by atoms with Crippen molar-refractivity contribution in [3.05, 3.63) is 32.8 Å². The van der Waals surface area contributed by atoms with E-state index < -0.39 is 26.7 Å². The summed E-state index contributed by atoms with van der Waals surface area (Å²) >= 11 is 5.74. The van der Waals surface area contributed by atoms with Crippen LogP contribution in [0.3, 0.4) is 0 Å². The van der Waals surface area contributed by atoms with Gasteiger partial charge in [0.15, 0.2) is 0 Å². The van der Waals surface area contributed by atoms with E-state index in [0.29, 0.717) is 12.0 Å². The molecule has 2 rings (SSSR count). The molecular formula is C11H13ClN2O5S. The fourth-order valence-electron chi connectivity index (χ4n) is 2.13. The molecule has 0 aromatic heterocycles. The van der Waals surface area contributed by atoms with Crippen LogP contribution in [0.2, 0.25) is 5.02 Å². The second-order valence-electron chi connectivity index (χ2n) is 4.63. The predicted octanol–water partition coefficient (Wildman–Crippen LogP) is 1.31. The maximum Gasteiger partial charge on any atom is 0.289 e. The third-order valence-corrected chi connectivity index (χ3v) is 5.49. The van der Waals surface area contributed by atoms with Gasteiger partial charge in [-0.15, -0.1) is 0 Å². The molecule has 0 bridgehead atoms. The monoisotopic (exact) mass is 320 g/mol. The smallest absolute Gasteiger partial charge is 0.289 e. The normalized spacial score (nSPS) is 20.2. The van der Waals surface area contributed by atoms with Crippen LogP contribution in [-0.2, 0) is 10.0 Å². The highest BCUT2D eigenvalue weighted by atomic mass is 35.5. The molecule has 1 heterocycles. The molecule has 0 unspecified atom stereocenters. The Morgan fingerprint density at radius 2 is 2.15 bits per heavy atom. The summed E-state index contributed by atoms with van der Waals surface area (Å²) in [5, 5.41) is 20.2. The summed E-state index contributed by atoms with van der Waals surface area (Å²) in [7, 11) is -3.86. The average molecular weight is 321 g/mol. The number of hydrogen-bond acceptors (Lipinski definition) is 5. The molecule has 1 aliphatic rings. The minimum Gasteiger partial charge on any atom is -0.392 e. The fourth-order valence-corrected chi connectivity index (χ4v) is 4.13. The van der Waals surface area contributed by atoms with Gasteiger partial charge in [-0.25, -0.2) is 8.42 Å². The van der Waals surface area contributed by atoms with E-state index in [1.165, 1.54) is 13.0 Å². The molecular weight excluding hydrogens is 308 g/mol. The number of halogens is 1. The van der Waals surface area contributed by atoms with Gasteiger partial charge in [-0.3, -0.25) is 10.1 Å². The molecule has 7 nitrogen and oxygen atoms in total. The molecule has 0 spiro atoms. The SMILES string of the molecule is Cc1cc(Cl)c([N+](=O)[O-])cc1S(=O)(=O)N1CC[C@H](O)C1. The maximum atomic E-state index is 12.4. The van der Waals surface area contributed by atoms with Crippen LogP contribution in [0.15, 0.2) is 17.0 Å². The Balaban J connectivity index is 2.51. The lowest BCUT2D eigenvalue weighted by Crippen LogP contribution is -2.30. The van der Waals surface area contributed by atoms with Crippen LogP contribution < -0.4 is 0 Å². The van der Waals surface area contributed by atoms with Crippen LogP contribution in [0, 0.1) is 17.0 Å². The molecule has 20 heavy (non-hydrogen) atoms. The molecule has 1 atom stereocenters. The average Bonchev–Trinajstić information content (AvgIpc) is 2.75. The van der Waals surface area contributed by atoms with Crippen LogP contribution in [0.5, 0.6) is 0 Å². The zero-order chi connectivity index (χ0) is 15.1. The second-order valence-corrected chi connectivity index (χ2v) is 6.95. The first-order valence-electron chi connectivity index (χ1n) is 5.86. The van der Waals surface area contributed by atoms with Crippen LogP contribution in [0.25, 0.3) is 0 Å². The second kappa shape index (κ2) is 5.28. The van der Waals surface area contributed by atoms with Gasteiger partial charge in [0.1, 0.15) is 5.02 Å².